The summed E-state index contributed by atoms with van der Waals surface area (Å²) in [6.45, 7) is 6.84. The SMILES string of the molecule is C=C(C(=O)O[C@H](C)C(=O)N1CCCC1)c1ccccc1. The molecule has 1 aromatic rings. The number of amides is 1. The van der Waals surface area contributed by atoms with Crippen LogP contribution in [0.3, 0.4) is 0 Å². The van der Waals surface area contributed by atoms with Gasteiger partial charge >= 0.3 is 5.97 Å². The molecule has 4 nitrogen and oxygen atoms in total. The summed E-state index contributed by atoms with van der Waals surface area (Å²) in [5.74, 6) is -0.673. The van der Waals surface area contributed by atoms with Gasteiger partial charge in [0, 0.05) is 13.1 Å². The lowest BCUT2D eigenvalue weighted by Crippen LogP contribution is -2.38. The van der Waals surface area contributed by atoms with Crippen LogP contribution in [-0.2, 0) is 14.3 Å². The van der Waals surface area contributed by atoms with Gasteiger partial charge in [0.25, 0.3) is 5.91 Å². The van der Waals surface area contributed by atoms with Crippen molar-refractivity contribution in [1.29, 1.82) is 0 Å². The highest BCUT2D eigenvalue weighted by molar-refractivity contribution is 6.16. The maximum Gasteiger partial charge on any atom is 0.338 e. The Morgan fingerprint density at radius 3 is 2.40 bits per heavy atom. The van der Waals surface area contributed by atoms with Gasteiger partial charge in [0.05, 0.1) is 5.57 Å². The molecule has 1 atom stereocenters. The predicted molar refractivity (Wildman–Crippen MR) is 76.8 cm³/mol. The molecule has 0 unspecified atom stereocenters. The summed E-state index contributed by atoms with van der Waals surface area (Å²) in [4.78, 5) is 25.8. The molecule has 1 fully saturated rings. The highest BCUT2D eigenvalue weighted by atomic mass is 16.5. The lowest BCUT2D eigenvalue weighted by molar-refractivity contribution is -0.154. The summed E-state index contributed by atoms with van der Waals surface area (Å²) in [7, 11) is 0. The van der Waals surface area contributed by atoms with E-state index in [9.17, 15) is 9.59 Å². The maximum absolute atomic E-state index is 12.1. The zero-order valence-electron chi connectivity index (χ0n) is 11.7. The second kappa shape index (κ2) is 6.37. The van der Waals surface area contributed by atoms with Crippen molar-refractivity contribution in [3.05, 3.63) is 42.5 Å². The van der Waals surface area contributed by atoms with Gasteiger partial charge in [-0.25, -0.2) is 4.79 Å². The molecule has 1 aromatic carbocycles. The standard InChI is InChI=1S/C16H19NO3/c1-12(14-8-4-3-5-9-14)16(19)20-13(2)15(18)17-10-6-7-11-17/h3-5,8-9,13H,1,6-7,10-11H2,2H3/t13-/m1/s1. The first-order chi connectivity index (χ1) is 9.59. The highest BCUT2D eigenvalue weighted by Gasteiger charge is 2.26. The Kier molecular flexibility index (Phi) is 4.56. The van der Waals surface area contributed by atoms with Crippen LogP contribution in [0.5, 0.6) is 0 Å². The maximum atomic E-state index is 12.1. The number of benzene rings is 1. The fourth-order valence-electron chi connectivity index (χ4n) is 2.23. The minimum Gasteiger partial charge on any atom is -0.449 e. The van der Waals surface area contributed by atoms with Crippen molar-refractivity contribution in [2.24, 2.45) is 0 Å². The van der Waals surface area contributed by atoms with Gasteiger partial charge in [0.15, 0.2) is 6.10 Å². The van der Waals surface area contributed by atoms with Crippen LogP contribution in [0, 0.1) is 0 Å². The quantitative estimate of drug-likeness (QED) is 0.624. The molecule has 20 heavy (non-hydrogen) atoms. The van der Waals surface area contributed by atoms with E-state index in [0.29, 0.717) is 5.56 Å². The van der Waals surface area contributed by atoms with Crippen LogP contribution >= 0.6 is 0 Å². The number of rotatable bonds is 4. The Balaban J connectivity index is 1.93. The summed E-state index contributed by atoms with van der Waals surface area (Å²) < 4.78 is 5.21. The molecular formula is C16H19NO3. The fourth-order valence-corrected chi connectivity index (χ4v) is 2.23. The van der Waals surface area contributed by atoms with E-state index < -0.39 is 12.1 Å². The summed E-state index contributed by atoms with van der Waals surface area (Å²) in [5.41, 5.74) is 0.977. The van der Waals surface area contributed by atoms with Gasteiger partial charge in [-0.05, 0) is 25.3 Å². The largest absolute Gasteiger partial charge is 0.449 e. The number of carbonyl (C=O) groups excluding carboxylic acids is 2. The van der Waals surface area contributed by atoms with Crippen molar-refractivity contribution in [2.45, 2.75) is 25.9 Å². The number of hydrogen-bond donors (Lipinski definition) is 0. The molecule has 4 heteroatoms. The summed E-state index contributed by atoms with van der Waals surface area (Å²) in [6.07, 6.45) is 1.27. The molecule has 106 valence electrons. The molecule has 0 N–H and O–H groups in total. The molecule has 1 saturated heterocycles. The minimum atomic E-state index is -0.763. The van der Waals surface area contributed by atoms with Crippen LogP contribution in [0.2, 0.25) is 0 Å². The first kappa shape index (κ1) is 14.3. The van der Waals surface area contributed by atoms with E-state index in [2.05, 4.69) is 6.58 Å². The van der Waals surface area contributed by atoms with E-state index in [1.165, 1.54) is 0 Å². The minimum absolute atomic E-state index is 0.128. The predicted octanol–water partition coefficient (Wildman–Crippen LogP) is 2.25. The molecule has 1 amide bonds. The number of hydrogen-bond acceptors (Lipinski definition) is 3. The third-order valence-corrected chi connectivity index (χ3v) is 3.42. The van der Waals surface area contributed by atoms with Gasteiger partial charge in [-0.1, -0.05) is 36.9 Å². The normalized spacial score (nSPS) is 15.8. The third kappa shape index (κ3) is 3.26. The Labute approximate surface area is 119 Å². The molecule has 0 radical (unpaired) electrons. The van der Waals surface area contributed by atoms with Gasteiger partial charge in [0.2, 0.25) is 0 Å². The molecule has 0 aliphatic carbocycles. The van der Waals surface area contributed by atoms with E-state index in [1.54, 1.807) is 24.0 Å². The number of esters is 1. The number of nitrogens with zero attached hydrogens (tertiary/aromatic N) is 1. The van der Waals surface area contributed by atoms with Crippen molar-refractivity contribution >= 4 is 17.4 Å². The summed E-state index contributed by atoms with van der Waals surface area (Å²) >= 11 is 0. The van der Waals surface area contributed by atoms with Gasteiger partial charge in [-0.2, -0.15) is 0 Å². The topological polar surface area (TPSA) is 46.6 Å². The zero-order valence-corrected chi connectivity index (χ0v) is 11.7. The van der Waals surface area contributed by atoms with Crippen LogP contribution in [0.1, 0.15) is 25.3 Å². The molecule has 0 aromatic heterocycles. The van der Waals surface area contributed by atoms with Crippen molar-refractivity contribution in [2.75, 3.05) is 13.1 Å². The summed E-state index contributed by atoms with van der Waals surface area (Å²) in [5, 5.41) is 0. The third-order valence-electron chi connectivity index (χ3n) is 3.42. The zero-order chi connectivity index (χ0) is 14.5. The number of ether oxygens (including phenoxy) is 1. The van der Waals surface area contributed by atoms with Gasteiger partial charge in [-0.15, -0.1) is 0 Å². The van der Waals surface area contributed by atoms with E-state index >= 15 is 0 Å². The van der Waals surface area contributed by atoms with E-state index in [4.69, 9.17) is 4.74 Å². The summed E-state index contributed by atoms with van der Waals surface area (Å²) in [6, 6.07) is 9.09. The number of carbonyl (C=O) groups is 2. The molecule has 1 aliphatic rings. The van der Waals surface area contributed by atoms with Crippen LogP contribution in [0.15, 0.2) is 36.9 Å². The van der Waals surface area contributed by atoms with Gasteiger partial charge < -0.3 is 9.64 Å². The van der Waals surface area contributed by atoms with Gasteiger partial charge in [0.1, 0.15) is 0 Å². The molecule has 1 aliphatic heterocycles. The second-order valence-electron chi connectivity index (χ2n) is 4.92. The molecule has 1 heterocycles. The van der Waals surface area contributed by atoms with Crippen molar-refractivity contribution in [1.82, 2.24) is 4.90 Å². The molecule has 0 bridgehead atoms. The van der Waals surface area contributed by atoms with E-state index in [0.717, 1.165) is 25.9 Å². The van der Waals surface area contributed by atoms with Gasteiger partial charge in [-0.3, -0.25) is 4.79 Å². The number of likely N-dealkylation sites (tertiary alicyclic amines) is 1. The average molecular weight is 273 g/mol. The molecule has 0 spiro atoms. The second-order valence-corrected chi connectivity index (χ2v) is 4.92. The average Bonchev–Trinajstić information content (AvgIpc) is 3.00. The molecule has 2 rings (SSSR count). The van der Waals surface area contributed by atoms with Crippen molar-refractivity contribution in [3.8, 4) is 0 Å². The molecule has 0 saturated carbocycles. The molecular weight excluding hydrogens is 254 g/mol. The fraction of sp³-hybridized carbons (Fsp3) is 0.375. The van der Waals surface area contributed by atoms with Crippen LogP contribution < -0.4 is 0 Å². The van der Waals surface area contributed by atoms with Crippen LogP contribution in [0.25, 0.3) is 5.57 Å². The monoisotopic (exact) mass is 273 g/mol. The Hall–Kier alpha value is -2.10. The Morgan fingerprint density at radius 2 is 1.80 bits per heavy atom. The Morgan fingerprint density at radius 1 is 1.20 bits per heavy atom. The smallest absolute Gasteiger partial charge is 0.338 e. The van der Waals surface area contributed by atoms with E-state index in [-0.39, 0.29) is 11.5 Å². The van der Waals surface area contributed by atoms with Crippen molar-refractivity contribution < 1.29 is 14.3 Å². The lowest BCUT2D eigenvalue weighted by Gasteiger charge is -2.20. The van der Waals surface area contributed by atoms with Crippen LogP contribution in [-0.4, -0.2) is 36.0 Å². The van der Waals surface area contributed by atoms with E-state index in [1.807, 2.05) is 18.2 Å². The first-order valence-corrected chi connectivity index (χ1v) is 6.83. The lowest BCUT2D eigenvalue weighted by atomic mass is 10.1. The Bertz CT molecular complexity index is 504. The first-order valence-electron chi connectivity index (χ1n) is 6.83. The van der Waals surface area contributed by atoms with Crippen molar-refractivity contribution in [3.63, 3.8) is 0 Å². The highest BCUT2D eigenvalue weighted by Crippen LogP contribution is 2.16. The van der Waals surface area contributed by atoms with Crippen LogP contribution in [0.4, 0.5) is 0 Å².